The third-order valence-electron chi connectivity index (χ3n) is 3.64. The molecule has 2 heterocycles. The largest absolute Gasteiger partial charge is 0.379 e. The van der Waals surface area contributed by atoms with Crippen LogP contribution in [0.25, 0.3) is 0 Å². The minimum atomic E-state index is -3.31. The monoisotopic (exact) mass is 299 g/mol. The zero-order chi connectivity index (χ0) is 12.5. The molecule has 6 nitrogen and oxygen atoms in total. The smallest absolute Gasteiger partial charge is 0.282 e. The average molecular weight is 300 g/mol. The van der Waals surface area contributed by atoms with Crippen LogP contribution in [0.5, 0.6) is 0 Å². The van der Waals surface area contributed by atoms with Gasteiger partial charge < -0.3 is 10.5 Å². The van der Waals surface area contributed by atoms with Gasteiger partial charge in [-0.3, -0.25) is 0 Å². The second-order valence-electron chi connectivity index (χ2n) is 5.12. The van der Waals surface area contributed by atoms with Gasteiger partial charge in [-0.2, -0.15) is 17.0 Å². The summed E-state index contributed by atoms with van der Waals surface area (Å²) in [6, 6.07) is 0. The topological polar surface area (TPSA) is 75.9 Å². The Labute approximate surface area is 115 Å². The summed E-state index contributed by atoms with van der Waals surface area (Å²) in [5.74, 6) is 0. The number of rotatable bonds is 3. The fraction of sp³-hybridized carbons (Fsp3) is 1.00. The number of nitrogens with two attached hydrogens (primary N) is 1. The van der Waals surface area contributed by atoms with Crippen molar-refractivity contribution in [2.45, 2.75) is 13.3 Å². The Kier molecular flexibility index (Phi) is 5.40. The molecule has 0 radical (unpaired) electrons. The molecule has 2 rings (SSSR count). The normalized spacial score (nSPS) is 31.2. The first kappa shape index (κ1) is 16.1. The molecule has 0 aromatic heterocycles. The Hall–Kier alpha value is 0.0800. The maximum atomic E-state index is 12.3. The Balaban J connectivity index is 0.00000162. The molecule has 0 amide bonds. The van der Waals surface area contributed by atoms with Gasteiger partial charge in [0.2, 0.25) is 0 Å². The maximum Gasteiger partial charge on any atom is 0.282 e. The highest BCUT2D eigenvalue weighted by Gasteiger charge is 2.41. The molecule has 0 aliphatic carbocycles. The summed E-state index contributed by atoms with van der Waals surface area (Å²) in [6.07, 6.45) is 0.840. The number of hydrogen-bond donors (Lipinski definition) is 1. The Bertz CT molecular complexity index is 373. The molecule has 0 aromatic carbocycles. The molecule has 2 aliphatic heterocycles. The van der Waals surface area contributed by atoms with E-state index in [1.165, 1.54) is 4.31 Å². The van der Waals surface area contributed by atoms with E-state index >= 15 is 0 Å². The zero-order valence-electron chi connectivity index (χ0n) is 10.7. The van der Waals surface area contributed by atoms with Crippen LogP contribution in [0.2, 0.25) is 0 Å². The van der Waals surface area contributed by atoms with Crippen LogP contribution in [-0.4, -0.2) is 63.0 Å². The van der Waals surface area contributed by atoms with E-state index in [0.717, 1.165) is 6.42 Å². The first-order valence-corrected chi connectivity index (χ1v) is 7.41. The van der Waals surface area contributed by atoms with Crippen molar-refractivity contribution in [2.75, 3.05) is 45.9 Å². The van der Waals surface area contributed by atoms with Gasteiger partial charge in [-0.05, 0) is 18.4 Å². The fourth-order valence-electron chi connectivity index (χ4n) is 2.28. The van der Waals surface area contributed by atoms with Crippen molar-refractivity contribution < 1.29 is 13.2 Å². The third-order valence-corrected chi connectivity index (χ3v) is 5.62. The highest BCUT2D eigenvalue weighted by Crippen LogP contribution is 2.31. The number of halogens is 1. The van der Waals surface area contributed by atoms with E-state index in [1.807, 2.05) is 6.92 Å². The van der Waals surface area contributed by atoms with Gasteiger partial charge in [-0.15, -0.1) is 12.4 Å². The SMILES string of the molecule is CC1(CN)CCN(S(=O)(=O)N2CCOCC2)C1.Cl. The summed E-state index contributed by atoms with van der Waals surface area (Å²) in [5.41, 5.74) is 5.63. The average Bonchev–Trinajstić information content (AvgIpc) is 2.75. The number of nitrogens with zero attached hydrogens (tertiary/aromatic N) is 2. The van der Waals surface area contributed by atoms with E-state index in [2.05, 4.69) is 0 Å². The van der Waals surface area contributed by atoms with E-state index in [1.54, 1.807) is 4.31 Å². The minimum absolute atomic E-state index is 0. The maximum absolute atomic E-state index is 12.3. The molecule has 2 fully saturated rings. The van der Waals surface area contributed by atoms with Crippen LogP contribution >= 0.6 is 12.4 Å². The summed E-state index contributed by atoms with van der Waals surface area (Å²) < 4.78 is 32.9. The molecule has 2 aliphatic rings. The Morgan fingerprint density at radius 3 is 2.33 bits per heavy atom. The van der Waals surface area contributed by atoms with E-state index in [0.29, 0.717) is 45.9 Å². The standard InChI is InChI=1S/C10H21N3O3S.ClH/c1-10(8-11)2-3-13(9-10)17(14,15)12-4-6-16-7-5-12;/h2-9,11H2,1H3;1H. The van der Waals surface area contributed by atoms with Gasteiger partial charge in [-0.1, -0.05) is 6.92 Å². The minimum Gasteiger partial charge on any atom is -0.379 e. The lowest BCUT2D eigenvalue weighted by atomic mass is 9.90. The van der Waals surface area contributed by atoms with Crippen LogP contribution < -0.4 is 5.73 Å². The van der Waals surface area contributed by atoms with E-state index in [4.69, 9.17) is 10.5 Å². The van der Waals surface area contributed by atoms with Gasteiger partial charge in [0.25, 0.3) is 10.2 Å². The summed E-state index contributed by atoms with van der Waals surface area (Å²) in [6.45, 7) is 5.57. The number of morpholine rings is 1. The molecule has 8 heteroatoms. The predicted molar refractivity (Wildman–Crippen MR) is 71.9 cm³/mol. The lowest BCUT2D eigenvalue weighted by Crippen LogP contribution is -2.48. The van der Waals surface area contributed by atoms with Crippen LogP contribution in [0.4, 0.5) is 0 Å². The first-order valence-electron chi connectivity index (χ1n) is 6.01. The van der Waals surface area contributed by atoms with Gasteiger partial charge in [0.05, 0.1) is 13.2 Å². The fourth-order valence-corrected chi connectivity index (χ4v) is 4.02. The van der Waals surface area contributed by atoms with Gasteiger partial charge in [0.1, 0.15) is 0 Å². The molecular weight excluding hydrogens is 278 g/mol. The Morgan fingerprint density at radius 2 is 1.83 bits per heavy atom. The van der Waals surface area contributed by atoms with Crippen molar-refractivity contribution in [2.24, 2.45) is 11.1 Å². The van der Waals surface area contributed by atoms with Crippen molar-refractivity contribution in [3.8, 4) is 0 Å². The molecule has 108 valence electrons. The van der Waals surface area contributed by atoms with Crippen molar-refractivity contribution in [1.82, 2.24) is 8.61 Å². The van der Waals surface area contributed by atoms with E-state index < -0.39 is 10.2 Å². The van der Waals surface area contributed by atoms with Crippen LogP contribution in [0.3, 0.4) is 0 Å². The number of ether oxygens (including phenoxy) is 1. The third kappa shape index (κ3) is 3.15. The van der Waals surface area contributed by atoms with Crippen molar-refractivity contribution in [1.29, 1.82) is 0 Å². The van der Waals surface area contributed by atoms with Gasteiger partial charge >= 0.3 is 0 Å². The van der Waals surface area contributed by atoms with Crippen LogP contribution in [0.1, 0.15) is 13.3 Å². The quantitative estimate of drug-likeness (QED) is 0.773. The van der Waals surface area contributed by atoms with E-state index in [-0.39, 0.29) is 17.8 Å². The van der Waals surface area contributed by atoms with Crippen molar-refractivity contribution in [3.05, 3.63) is 0 Å². The lowest BCUT2D eigenvalue weighted by Gasteiger charge is -2.31. The summed E-state index contributed by atoms with van der Waals surface area (Å²) in [4.78, 5) is 0. The molecule has 0 spiro atoms. The molecule has 0 bridgehead atoms. The van der Waals surface area contributed by atoms with Crippen LogP contribution in [0.15, 0.2) is 0 Å². The second-order valence-corrected chi connectivity index (χ2v) is 7.05. The highest BCUT2D eigenvalue weighted by molar-refractivity contribution is 7.86. The molecule has 0 saturated carbocycles. The van der Waals surface area contributed by atoms with Crippen LogP contribution in [-0.2, 0) is 14.9 Å². The molecule has 1 unspecified atom stereocenters. The molecule has 18 heavy (non-hydrogen) atoms. The molecule has 2 saturated heterocycles. The number of hydrogen-bond acceptors (Lipinski definition) is 4. The first-order chi connectivity index (χ1) is 7.98. The van der Waals surface area contributed by atoms with Crippen LogP contribution in [0, 0.1) is 5.41 Å². The molecule has 2 N–H and O–H groups in total. The zero-order valence-corrected chi connectivity index (χ0v) is 12.3. The van der Waals surface area contributed by atoms with Gasteiger partial charge in [0.15, 0.2) is 0 Å². The highest BCUT2D eigenvalue weighted by atomic mass is 35.5. The second kappa shape index (κ2) is 6.02. The molecule has 1 atom stereocenters. The van der Waals surface area contributed by atoms with Gasteiger partial charge in [-0.25, -0.2) is 0 Å². The summed E-state index contributed by atoms with van der Waals surface area (Å²) >= 11 is 0. The van der Waals surface area contributed by atoms with Gasteiger partial charge in [0, 0.05) is 26.2 Å². The molecular formula is C10H22ClN3O3S. The van der Waals surface area contributed by atoms with E-state index in [9.17, 15) is 8.42 Å². The Morgan fingerprint density at radius 1 is 1.22 bits per heavy atom. The lowest BCUT2D eigenvalue weighted by molar-refractivity contribution is 0.0704. The predicted octanol–water partition coefficient (Wildman–Crippen LogP) is -0.344. The van der Waals surface area contributed by atoms with Crippen molar-refractivity contribution >= 4 is 22.6 Å². The molecule has 0 aromatic rings. The summed E-state index contributed by atoms with van der Waals surface area (Å²) in [7, 11) is -3.31. The summed E-state index contributed by atoms with van der Waals surface area (Å²) in [5, 5.41) is 0. The van der Waals surface area contributed by atoms with Crippen molar-refractivity contribution in [3.63, 3.8) is 0 Å².